The van der Waals surface area contributed by atoms with Crippen molar-refractivity contribution in [1.29, 1.82) is 0 Å². The fourth-order valence-corrected chi connectivity index (χ4v) is 4.02. The van der Waals surface area contributed by atoms with Crippen LogP contribution in [0.5, 0.6) is 0 Å². The van der Waals surface area contributed by atoms with Crippen LogP contribution in [0.4, 0.5) is 0 Å². The van der Waals surface area contributed by atoms with Crippen molar-refractivity contribution in [1.82, 2.24) is 21.3 Å². The lowest BCUT2D eigenvalue weighted by molar-refractivity contribution is -0.155. The van der Waals surface area contributed by atoms with E-state index in [0.29, 0.717) is 0 Å². The first kappa shape index (κ1) is 32.6. The van der Waals surface area contributed by atoms with E-state index in [1.54, 1.807) is 34.6 Å². The Kier molecular flexibility index (Phi) is 14.4. The van der Waals surface area contributed by atoms with E-state index in [1.807, 2.05) is 12.2 Å². The van der Waals surface area contributed by atoms with Gasteiger partial charge in [-0.2, -0.15) is 0 Å². The van der Waals surface area contributed by atoms with E-state index >= 15 is 0 Å². The summed E-state index contributed by atoms with van der Waals surface area (Å²) in [6, 6.07) is -2.91. The van der Waals surface area contributed by atoms with Gasteiger partial charge in [-0.3, -0.25) is 19.2 Å². The minimum absolute atomic E-state index is 0.0631. The van der Waals surface area contributed by atoms with Gasteiger partial charge in [-0.1, -0.05) is 56.7 Å². The van der Waals surface area contributed by atoms with Crippen LogP contribution in [0, 0.1) is 11.8 Å². The molecule has 0 saturated carbocycles. The predicted molar refractivity (Wildman–Crippen MR) is 147 cm³/mol. The minimum atomic E-state index is -1.01. The van der Waals surface area contributed by atoms with Crippen molar-refractivity contribution in [2.24, 2.45) is 11.8 Å². The van der Waals surface area contributed by atoms with Crippen LogP contribution >= 0.6 is 22.5 Å². The van der Waals surface area contributed by atoms with Crippen LogP contribution in [0.15, 0.2) is 23.9 Å². The Bertz CT molecular complexity index is 890. The van der Waals surface area contributed by atoms with E-state index in [0.717, 1.165) is 12.2 Å². The van der Waals surface area contributed by atoms with E-state index < -0.39 is 53.8 Å². The fraction of sp³-hybridized carbons (Fsp3) is 0.640. The van der Waals surface area contributed by atoms with Crippen LogP contribution < -0.4 is 21.3 Å². The molecule has 1 fully saturated rings. The Hall–Kier alpha value is -2.47. The lowest BCUT2D eigenvalue weighted by Gasteiger charge is -2.27. The van der Waals surface area contributed by atoms with Crippen LogP contribution in [0.25, 0.3) is 0 Å². The number of amides is 4. The molecule has 1 heterocycles. The zero-order valence-corrected chi connectivity index (χ0v) is 24.0. The van der Waals surface area contributed by atoms with Crippen molar-refractivity contribution in [2.45, 2.75) is 85.0 Å². The van der Waals surface area contributed by atoms with Crippen LogP contribution in [-0.4, -0.2) is 59.6 Å². The number of thiol groups is 1. The maximum absolute atomic E-state index is 13.1. The molecule has 1 saturated heterocycles. The molecule has 37 heavy (non-hydrogen) atoms. The maximum Gasteiger partial charge on any atom is 0.329 e. The quantitative estimate of drug-likeness (QED) is 0.0806. The molecule has 0 aliphatic carbocycles. The highest BCUT2D eigenvalue weighted by Gasteiger charge is 2.32. The molecule has 0 bridgehead atoms. The van der Waals surface area contributed by atoms with Gasteiger partial charge in [0.15, 0.2) is 0 Å². The summed E-state index contributed by atoms with van der Waals surface area (Å²) in [5.74, 6) is -2.80. The number of nitrogens with one attached hydrogen (secondary N) is 4. The Balaban J connectivity index is 3.33. The van der Waals surface area contributed by atoms with Crippen molar-refractivity contribution < 1.29 is 28.7 Å². The summed E-state index contributed by atoms with van der Waals surface area (Å²) in [4.78, 5) is 64.4. The van der Waals surface area contributed by atoms with Crippen molar-refractivity contribution in [2.75, 3.05) is 5.75 Å². The van der Waals surface area contributed by atoms with Gasteiger partial charge in [0.05, 0.1) is 6.42 Å². The lowest BCUT2D eigenvalue weighted by atomic mass is 10.0. The molecule has 4 amide bonds. The van der Waals surface area contributed by atoms with Crippen molar-refractivity contribution in [3.63, 3.8) is 0 Å². The van der Waals surface area contributed by atoms with Gasteiger partial charge in [0, 0.05) is 12.2 Å². The summed E-state index contributed by atoms with van der Waals surface area (Å²) < 4.78 is 5.69. The molecule has 1 aliphatic heterocycles. The number of carbonyl (C=O) groups is 5. The summed E-state index contributed by atoms with van der Waals surface area (Å²) >= 11 is 4.10. The molecule has 208 valence electrons. The van der Waals surface area contributed by atoms with E-state index in [1.165, 1.54) is 23.8 Å². The highest BCUT2D eigenvalue weighted by atomic mass is 33.1. The van der Waals surface area contributed by atoms with E-state index in [4.69, 9.17) is 4.74 Å². The molecule has 4 N–H and O–H groups in total. The van der Waals surface area contributed by atoms with Crippen LogP contribution in [0.1, 0.15) is 60.8 Å². The van der Waals surface area contributed by atoms with Gasteiger partial charge >= 0.3 is 5.97 Å². The van der Waals surface area contributed by atoms with Crippen LogP contribution in [-0.2, 0) is 28.7 Å². The first-order valence-corrected chi connectivity index (χ1v) is 14.4. The summed E-state index contributed by atoms with van der Waals surface area (Å²) in [5, 5.41) is 10.4. The molecule has 0 aromatic heterocycles. The molecule has 0 aromatic carbocycles. The molecular weight excluding hydrogens is 516 g/mol. The molecule has 4 atom stereocenters. The first-order valence-electron chi connectivity index (χ1n) is 12.4. The highest BCUT2D eigenvalue weighted by molar-refractivity contribution is 8.68. The molecule has 1 rings (SSSR count). The third-order valence-electron chi connectivity index (χ3n) is 5.65. The van der Waals surface area contributed by atoms with Crippen molar-refractivity contribution in [3.05, 3.63) is 23.9 Å². The molecule has 12 heteroatoms. The lowest BCUT2D eigenvalue weighted by Crippen LogP contribution is -2.56. The Labute approximate surface area is 228 Å². The van der Waals surface area contributed by atoms with Crippen LogP contribution in [0.2, 0.25) is 0 Å². The fourth-order valence-electron chi connectivity index (χ4n) is 3.46. The average Bonchev–Trinajstić information content (AvgIpc) is 2.82. The summed E-state index contributed by atoms with van der Waals surface area (Å²) in [6.07, 6.45) is 5.21. The molecule has 10 nitrogen and oxygen atoms in total. The SMILES string of the molecule is C/C=C1\NC(=O)[C@@H](C)NC(=O)C(C(C)C)NC(=O)C[C@@H](C/C=C/CCSS)OC(=O)[C@H](C(C)C)NC1=O. The zero-order chi connectivity index (χ0) is 28.1. The van der Waals surface area contributed by atoms with Gasteiger partial charge in [0.1, 0.15) is 29.9 Å². The number of hydrogen-bond donors (Lipinski definition) is 5. The smallest absolute Gasteiger partial charge is 0.329 e. The summed E-state index contributed by atoms with van der Waals surface area (Å²) in [5.41, 5.74) is -0.0631. The van der Waals surface area contributed by atoms with E-state index in [-0.39, 0.29) is 30.4 Å². The highest BCUT2D eigenvalue weighted by Crippen LogP contribution is 2.14. The number of carbonyl (C=O) groups excluding carboxylic acids is 5. The van der Waals surface area contributed by atoms with Gasteiger partial charge in [0.25, 0.3) is 5.91 Å². The number of cyclic esters (lactones) is 1. The zero-order valence-electron chi connectivity index (χ0n) is 22.3. The molecule has 1 aliphatic rings. The van der Waals surface area contributed by atoms with E-state index in [9.17, 15) is 24.0 Å². The largest absolute Gasteiger partial charge is 0.460 e. The molecular formula is C25H40N4O6S2. The van der Waals surface area contributed by atoms with Gasteiger partial charge in [-0.15, -0.1) is 11.7 Å². The molecule has 1 unspecified atom stereocenters. The van der Waals surface area contributed by atoms with Gasteiger partial charge in [0.2, 0.25) is 17.7 Å². The van der Waals surface area contributed by atoms with E-state index in [2.05, 4.69) is 32.9 Å². The number of hydrogen-bond acceptors (Lipinski definition) is 8. The second-order valence-corrected chi connectivity index (χ2v) is 10.9. The maximum atomic E-state index is 13.1. The number of allylic oxidation sites excluding steroid dienone is 2. The van der Waals surface area contributed by atoms with Crippen LogP contribution in [0.3, 0.4) is 0 Å². The number of esters is 1. The Morgan fingerprint density at radius 1 is 0.973 bits per heavy atom. The monoisotopic (exact) mass is 556 g/mol. The molecule has 0 radical (unpaired) electrons. The Morgan fingerprint density at radius 2 is 1.62 bits per heavy atom. The standard InChI is InChI=1S/C25H40N4O6S2/c1-7-18-23(32)29-21(15(4)5)25(34)35-17(11-9-8-10-12-37-36)13-19(30)28-20(14(2)3)24(33)26-16(6)22(31)27-18/h7-9,14-17,20-21,36H,10-13H2,1-6H3,(H,26,33)(H,27,31)(H,28,30)(H,29,32)/b9-8+,18-7-/t16-,17-,20?,21+/m1/s1. The third kappa shape index (κ3) is 11.2. The van der Waals surface area contributed by atoms with Crippen molar-refractivity contribution >= 4 is 52.1 Å². The van der Waals surface area contributed by atoms with Gasteiger partial charge in [-0.05, 0) is 32.1 Å². The second kappa shape index (κ2) is 16.4. The van der Waals surface area contributed by atoms with Gasteiger partial charge in [-0.25, -0.2) is 4.79 Å². The normalized spacial score (nSPS) is 26.2. The van der Waals surface area contributed by atoms with Gasteiger partial charge < -0.3 is 26.0 Å². The first-order chi connectivity index (χ1) is 17.4. The summed E-state index contributed by atoms with van der Waals surface area (Å²) in [6.45, 7) is 10.1. The average molecular weight is 557 g/mol. The summed E-state index contributed by atoms with van der Waals surface area (Å²) in [7, 11) is 1.40. The molecule has 0 aromatic rings. The minimum Gasteiger partial charge on any atom is -0.460 e. The molecule has 0 spiro atoms. The topological polar surface area (TPSA) is 143 Å². The van der Waals surface area contributed by atoms with Crippen molar-refractivity contribution in [3.8, 4) is 0 Å². The predicted octanol–water partition coefficient (Wildman–Crippen LogP) is 2.02. The second-order valence-electron chi connectivity index (χ2n) is 9.50. The Morgan fingerprint density at radius 3 is 2.19 bits per heavy atom. The third-order valence-corrected chi connectivity index (χ3v) is 6.62. The number of ether oxygens (including phenoxy) is 1. The number of rotatable bonds is 7.